The van der Waals surface area contributed by atoms with Crippen molar-refractivity contribution >= 4 is 43.0 Å². The lowest BCUT2D eigenvalue weighted by atomic mass is 10.5. The molecule has 0 aromatic carbocycles. The smallest absolute Gasteiger partial charge is 0.250 e. The van der Waals surface area contributed by atoms with E-state index in [-0.39, 0.29) is 17.3 Å². The van der Waals surface area contributed by atoms with Gasteiger partial charge in [-0.1, -0.05) is 11.6 Å². The van der Waals surface area contributed by atoms with E-state index in [1.54, 1.807) is 0 Å². The van der Waals surface area contributed by atoms with E-state index in [4.69, 9.17) is 11.6 Å². The minimum atomic E-state index is -3.66. The number of hydrogen-bond acceptors (Lipinski definition) is 6. The number of nitrogens with zero attached hydrogens (tertiary/aromatic N) is 2. The molecule has 0 amide bonds. The molecule has 0 atom stereocenters. The molecular formula is C11H20ClN3O4S3. The van der Waals surface area contributed by atoms with Crippen LogP contribution in [0.3, 0.4) is 0 Å². The summed E-state index contributed by atoms with van der Waals surface area (Å²) in [4.78, 5) is 1.86. The molecule has 1 aromatic rings. The number of thiophene rings is 1. The summed E-state index contributed by atoms with van der Waals surface area (Å²) in [5, 5.41) is 0. The Morgan fingerprint density at radius 1 is 1.14 bits per heavy atom. The van der Waals surface area contributed by atoms with Crippen molar-refractivity contribution in [3.63, 3.8) is 0 Å². The number of rotatable bonds is 9. The largest absolute Gasteiger partial charge is 0.308 e. The summed E-state index contributed by atoms with van der Waals surface area (Å²) in [6, 6.07) is 2.91. The minimum Gasteiger partial charge on any atom is -0.308 e. The van der Waals surface area contributed by atoms with Crippen LogP contribution in [0.4, 0.5) is 0 Å². The van der Waals surface area contributed by atoms with Crippen LogP contribution >= 0.6 is 22.9 Å². The normalized spacial score (nSPS) is 13.2. The molecule has 1 aromatic heterocycles. The third-order valence-corrected chi connectivity index (χ3v) is 7.22. The van der Waals surface area contributed by atoms with Crippen LogP contribution in [-0.4, -0.2) is 72.6 Å². The number of sulfonamides is 2. The van der Waals surface area contributed by atoms with Crippen molar-refractivity contribution in [3.8, 4) is 0 Å². The summed E-state index contributed by atoms with van der Waals surface area (Å²) in [6.07, 6.45) is 1.11. The average molecular weight is 390 g/mol. The van der Waals surface area contributed by atoms with E-state index in [1.807, 2.05) is 19.0 Å². The van der Waals surface area contributed by atoms with Gasteiger partial charge >= 0.3 is 0 Å². The van der Waals surface area contributed by atoms with Gasteiger partial charge in [0.25, 0.3) is 0 Å². The van der Waals surface area contributed by atoms with Gasteiger partial charge in [-0.15, -0.1) is 11.3 Å². The fourth-order valence-corrected chi connectivity index (χ4v) is 4.96. The molecule has 0 saturated heterocycles. The van der Waals surface area contributed by atoms with Gasteiger partial charge in [0.15, 0.2) is 0 Å². The second-order valence-corrected chi connectivity index (χ2v) is 10.6. The maximum absolute atomic E-state index is 12.0. The summed E-state index contributed by atoms with van der Waals surface area (Å²) in [5.74, 6) is 0. The number of likely N-dealkylation sites (N-methyl/N-ethyl adjacent to an activating group) is 1. The molecule has 11 heteroatoms. The molecule has 0 spiro atoms. The minimum absolute atomic E-state index is 0.00164. The first-order chi connectivity index (χ1) is 10.0. The van der Waals surface area contributed by atoms with Gasteiger partial charge in [-0.05, 0) is 26.2 Å². The van der Waals surface area contributed by atoms with Gasteiger partial charge in [0.05, 0.1) is 10.6 Å². The maximum Gasteiger partial charge on any atom is 0.250 e. The van der Waals surface area contributed by atoms with Crippen molar-refractivity contribution in [2.75, 3.05) is 46.5 Å². The first kappa shape index (κ1) is 19.8. The predicted octanol–water partition coefficient (Wildman–Crippen LogP) is 0.503. The Morgan fingerprint density at radius 3 is 2.23 bits per heavy atom. The van der Waals surface area contributed by atoms with E-state index in [0.717, 1.165) is 17.6 Å². The second-order valence-electron chi connectivity index (χ2n) is 4.92. The zero-order valence-corrected chi connectivity index (χ0v) is 15.8. The van der Waals surface area contributed by atoms with Gasteiger partial charge in [0, 0.05) is 26.2 Å². The van der Waals surface area contributed by atoms with Crippen molar-refractivity contribution in [2.24, 2.45) is 0 Å². The van der Waals surface area contributed by atoms with Gasteiger partial charge in [-0.2, -0.15) is 4.31 Å². The molecule has 0 unspecified atom stereocenters. The molecule has 1 heterocycles. The highest BCUT2D eigenvalue weighted by atomic mass is 35.5. The van der Waals surface area contributed by atoms with Gasteiger partial charge in [-0.3, -0.25) is 0 Å². The molecule has 0 bridgehead atoms. The van der Waals surface area contributed by atoms with Crippen molar-refractivity contribution in [1.82, 2.24) is 13.9 Å². The van der Waals surface area contributed by atoms with Crippen LogP contribution in [0.25, 0.3) is 0 Å². The Morgan fingerprint density at radius 2 is 1.77 bits per heavy atom. The van der Waals surface area contributed by atoms with Crippen LogP contribution in [0.5, 0.6) is 0 Å². The Kier molecular flexibility index (Phi) is 7.24. The van der Waals surface area contributed by atoms with Crippen molar-refractivity contribution in [2.45, 2.75) is 4.21 Å². The molecule has 22 heavy (non-hydrogen) atoms. The lowest BCUT2D eigenvalue weighted by molar-refractivity contribution is 0.336. The first-order valence-corrected chi connectivity index (χ1v) is 10.9. The Balaban J connectivity index is 2.62. The van der Waals surface area contributed by atoms with E-state index < -0.39 is 20.0 Å². The fourth-order valence-electron chi connectivity index (χ4n) is 1.57. The van der Waals surface area contributed by atoms with Crippen molar-refractivity contribution < 1.29 is 16.8 Å². The van der Waals surface area contributed by atoms with Gasteiger partial charge in [-0.25, -0.2) is 21.6 Å². The Bertz CT molecular complexity index is 685. The molecule has 128 valence electrons. The van der Waals surface area contributed by atoms with Crippen LogP contribution in [0.15, 0.2) is 16.3 Å². The monoisotopic (exact) mass is 389 g/mol. The van der Waals surface area contributed by atoms with Gasteiger partial charge in [0.1, 0.15) is 4.21 Å². The molecule has 0 aliphatic carbocycles. The summed E-state index contributed by atoms with van der Waals surface area (Å²) >= 11 is 6.67. The third kappa shape index (κ3) is 6.49. The lowest BCUT2D eigenvalue weighted by Crippen LogP contribution is -2.41. The molecule has 7 nitrogen and oxygen atoms in total. The fraction of sp³-hybridized carbons (Fsp3) is 0.636. The maximum atomic E-state index is 12.0. The molecule has 0 aliphatic rings. The van der Waals surface area contributed by atoms with Crippen LogP contribution in [-0.2, 0) is 20.0 Å². The average Bonchev–Trinajstić information content (AvgIpc) is 2.79. The molecule has 0 radical (unpaired) electrons. The third-order valence-electron chi connectivity index (χ3n) is 2.73. The highest BCUT2D eigenvalue weighted by Gasteiger charge is 2.19. The highest BCUT2D eigenvalue weighted by molar-refractivity contribution is 7.91. The van der Waals surface area contributed by atoms with E-state index >= 15 is 0 Å². The zero-order chi connectivity index (χ0) is 17.0. The SMILES string of the molecule is CN(C)CCN(CCNS(=O)(=O)c1ccc(Cl)s1)S(C)(=O)=O. The van der Waals surface area contributed by atoms with Crippen LogP contribution in [0, 0.1) is 0 Å². The summed E-state index contributed by atoms with van der Waals surface area (Å²) in [6.45, 7) is 0.933. The van der Waals surface area contributed by atoms with Crippen molar-refractivity contribution in [3.05, 3.63) is 16.5 Å². The van der Waals surface area contributed by atoms with E-state index in [0.29, 0.717) is 17.4 Å². The predicted molar refractivity (Wildman–Crippen MR) is 89.5 cm³/mol. The highest BCUT2D eigenvalue weighted by Crippen LogP contribution is 2.25. The van der Waals surface area contributed by atoms with E-state index in [1.165, 1.54) is 16.4 Å². The quantitative estimate of drug-likeness (QED) is 0.664. The van der Waals surface area contributed by atoms with Gasteiger partial charge < -0.3 is 4.90 Å². The lowest BCUT2D eigenvalue weighted by Gasteiger charge is -2.21. The molecule has 0 saturated carbocycles. The number of nitrogens with one attached hydrogen (secondary N) is 1. The van der Waals surface area contributed by atoms with Crippen LogP contribution < -0.4 is 4.72 Å². The summed E-state index contributed by atoms with van der Waals surface area (Å²) in [7, 11) is -3.37. The first-order valence-electron chi connectivity index (χ1n) is 6.37. The van der Waals surface area contributed by atoms with Crippen LogP contribution in [0.1, 0.15) is 0 Å². The molecule has 0 aliphatic heterocycles. The molecular weight excluding hydrogens is 370 g/mol. The molecule has 1 rings (SSSR count). The Labute approximate surface area is 141 Å². The van der Waals surface area contributed by atoms with Crippen molar-refractivity contribution in [1.29, 1.82) is 0 Å². The topological polar surface area (TPSA) is 86.8 Å². The summed E-state index contributed by atoms with van der Waals surface area (Å²) < 4.78 is 51.5. The zero-order valence-electron chi connectivity index (χ0n) is 12.6. The number of halogens is 1. The second kappa shape index (κ2) is 8.04. The van der Waals surface area contributed by atoms with Crippen LogP contribution in [0.2, 0.25) is 4.34 Å². The standard InChI is InChI=1S/C11H20ClN3O4S3/c1-14(2)8-9-15(21(3,16)17)7-6-13-22(18,19)11-5-4-10(12)20-11/h4-5,13H,6-9H2,1-3H3. The molecule has 1 N–H and O–H groups in total. The van der Waals surface area contributed by atoms with E-state index in [2.05, 4.69) is 4.72 Å². The number of hydrogen-bond donors (Lipinski definition) is 1. The van der Waals surface area contributed by atoms with E-state index in [9.17, 15) is 16.8 Å². The van der Waals surface area contributed by atoms with Gasteiger partial charge in [0.2, 0.25) is 20.0 Å². The molecule has 0 fully saturated rings. The Hall–Kier alpha value is -0.230. The summed E-state index contributed by atoms with van der Waals surface area (Å²) in [5.41, 5.74) is 0.